The fourth-order valence-corrected chi connectivity index (χ4v) is 4.56. The number of amides is 2. The standard InChI is InChI=1S/C27H28BrN3O4/c1-3-27(34)31-14-20(15-31)29-26(33)17-30-16-22(21-13-19(28)10-11-23(21)30)24(32)8-6-12-35-25-9-5-4-7-18(25)2/h3-5,7,9-11,13,16,20H,1,6,8,12,14-15,17H2,2H3,(H,29,33). The van der Waals surface area contributed by atoms with Crippen molar-refractivity contribution in [2.75, 3.05) is 19.7 Å². The molecule has 7 nitrogen and oxygen atoms in total. The Hall–Kier alpha value is -3.39. The van der Waals surface area contributed by atoms with Crippen LogP contribution < -0.4 is 10.1 Å². The van der Waals surface area contributed by atoms with Gasteiger partial charge in [0.15, 0.2) is 5.78 Å². The summed E-state index contributed by atoms with van der Waals surface area (Å²) in [6.45, 7) is 6.97. The van der Waals surface area contributed by atoms with Crippen LogP contribution in [0.5, 0.6) is 5.75 Å². The number of ketones is 1. The Balaban J connectivity index is 1.38. The highest BCUT2D eigenvalue weighted by atomic mass is 79.9. The number of halogens is 1. The number of Topliss-reactive ketones (excluding diaryl/α,β-unsaturated/α-hetero) is 1. The molecule has 0 bridgehead atoms. The molecule has 182 valence electrons. The largest absolute Gasteiger partial charge is 0.493 e. The fraction of sp³-hybridized carbons (Fsp3) is 0.296. The molecule has 0 aliphatic carbocycles. The van der Waals surface area contributed by atoms with Gasteiger partial charge in [0, 0.05) is 46.6 Å². The van der Waals surface area contributed by atoms with E-state index in [1.54, 1.807) is 15.7 Å². The second kappa shape index (κ2) is 10.9. The van der Waals surface area contributed by atoms with Gasteiger partial charge < -0.3 is 19.5 Å². The number of rotatable bonds is 10. The summed E-state index contributed by atoms with van der Waals surface area (Å²) in [5.74, 6) is 0.546. The molecule has 0 unspecified atom stereocenters. The van der Waals surface area contributed by atoms with Gasteiger partial charge in [0.2, 0.25) is 11.8 Å². The highest BCUT2D eigenvalue weighted by Crippen LogP contribution is 2.27. The Morgan fingerprint density at radius 1 is 1.20 bits per heavy atom. The van der Waals surface area contributed by atoms with E-state index in [4.69, 9.17) is 4.74 Å². The molecule has 0 spiro atoms. The molecule has 3 aromatic rings. The normalized spacial score (nSPS) is 13.4. The second-order valence-corrected chi connectivity index (χ2v) is 9.60. The Labute approximate surface area is 212 Å². The average molecular weight is 538 g/mol. The molecular formula is C27H28BrN3O4. The first-order chi connectivity index (χ1) is 16.9. The minimum Gasteiger partial charge on any atom is -0.493 e. The topological polar surface area (TPSA) is 80.6 Å². The molecule has 2 amide bonds. The predicted molar refractivity (Wildman–Crippen MR) is 139 cm³/mol. The van der Waals surface area contributed by atoms with Crippen LogP contribution >= 0.6 is 15.9 Å². The van der Waals surface area contributed by atoms with Gasteiger partial charge in [0.25, 0.3) is 0 Å². The fourth-order valence-electron chi connectivity index (χ4n) is 4.20. The van der Waals surface area contributed by atoms with Crippen molar-refractivity contribution in [3.05, 3.63) is 76.9 Å². The Kier molecular flexibility index (Phi) is 7.70. The van der Waals surface area contributed by atoms with Gasteiger partial charge in [-0.3, -0.25) is 14.4 Å². The number of carbonyl (C=O) groups excluding carboxylic acids is 3. The number of fused-ring (bicyclic) bond motifs is 1. The number of hydrogen-bond donors (Lipinski definition) is 1. The van der Waals surface area contributed by atoms with Crippen molar-refractivity contribution < 1.29 is 19.1 Å². The molecule has 1 N–H and O–H groups in total. The number of aryl methyl sites for hydroxylation is 1. The number of aromatic nitrogens is 1. The Morgan fingerprint density at radius 2 is 1.97 bits per heavy atom. The van der Waals surface area contributed by atoms with Gasteiger partial charge in [-0.05, 0) is 49.2 Å². The quantitative estimate of drug-likeness (QED) is 0.238. The van der Waals surface area contributed by atoms with Crippen LogP contribution in [0.1, 0.15) is 28.8 Å². The van der Waals surface area contributed by atoms with E-state index in [2.05, 4.69) is 27.8 Å². The van der Waals surface area contributed by atoms with Crippen LogP contribution in [0.3, 0.4) is 0 Å². The number of carbonyl (C=O) groups is 3. The molecular weight excluding hydrogens is 510 g/mol. The van der Waals surface area contributed by atoms with Crippen molar-refractivity contribution >= 4 is 44.4 Å². The lowest BCUT2D eigenvalue weighted by Crippen LogP contribution is -2.61. The van der Waals surface area contributed by atoms with Gasteiger partial charge in [-0.2, -0.15) is 0 Å². The molecule has 2 heterocycles. The number of para-hydroxylation sites is 1. The van der Waals surface area contributed by atoms with Gasteiger partial charge in [-0.15, -0.1) is 0 Å². The molecule has 1 aliphatic rings. The average Bonchev–Trinajstić information content (AvgIpc) is 3.16. The van der Waals surface area contributed by atoms with E-state index >= 15 is 0 Å². The van der Waals surface area contributed by atoms with E-state index in [-0.39, 0.29) is 30.2 Å². The van der Waals surface area contributed by atoms with E-state index in [0.29, 0.717) is 38.1 Å². The number of hydrogen-bond acceptors (Lipinski definition) is 4. The molecule has 1 fully saturated rings. The Bertz CT molecular complexity index is 1280. The van der Waals surface area contributed by atoms with Crippen molar-refractivity contribution in [1.29, 1.82) is 0 Å². The van der Waals surface area contributed by atoms with E-state index in [1.807, 2.05) is 49.4 Å². The van der Waals surface area contributed by atoms with Crippen LogP contribution in [0.4, 0.5) is 0 Å². The summed E-state index contributed by atoms with van der Waals surface area (Å²) in [5, 5.41) is 3.76. The summed E-state index contributed by atoms with van der Waals surface area (Å²) >= 11 is 3.49. The Morgan fingerprint density at radius 3 is 2.71 bits per heavy atom. The maximum absolute atomic E-state index is 13.1. The smallest absolute Gasteiger partial charge is 0.246 e. The third-order valence-electron chi connectivity index (χ3n) is 6.09. The van der Waals surface area contributed by atoms with Gasteiger partial charge in [-0.1, -0.05) is 40.7 Å². The van der Waals surface area contributed by atoms with Crippen LogP contribution in [0.25, 0.3) is 10.9 Å². The molecule has 8 heteroatoms. The highest BCUT2D eigenvalue weighted by Gasteiger charge is 2.30. The molecule has 0 radical (unpaired) electrons. The highest BCUT2D eigenvalue weighted by molar-refractivity contribution is 9.10. The molecule has 0 saturated carbocycles. The summed E-state index contributed by atoms with van der Waals surface area (Å²) in [5.41, 5.74) is 2.48. The molecule has 0 atom stereocenters. The summed E-state index contributed by atoms with van der Waals surface area (Å²) in [4.78, 5) is 38.9. The molecule has 1 saturated heterocycles. The number of nitrogens with zero attached hydrogens (tertiary/aromatic N) is 2. The zero-order chi connectivity index (χ0) is 24.9. The number of nitrogens with one attached hydrogen (secondary N) is 1. The zero-order valence-corrected chi connectivity index (χ0v) is 21.2. The SMILES string of the molecule is C=CC(=O)N1CC(NC(=O)Cn2cc(C(=O)CCCOc3ccccc3C)c3cc(Br)ccc32)C1. The van der Waals surface area contributed by atoms with Crippen molar-refractivity contribution in [2.45, 2.75) is 32.4 Å². The maximum Gasteiger partial charge on any atom is 0.246 e. The third-order valence-corrected chi connectivity index (χ3v) is 6.58. The first-order valence-electron chi connectivity index (χ1n) is 11.6. The molecule has 35 heavy (non-hydrogen) atoms. The number of ether oxygens (including phenoxy) is 1. The summed E-state index contributed by atoms with van der Waals surface area (Å²) in [7, 11) is 0. The van der Waals surface area contributed by atoms with E-state index in [1.165, 1.54) is 6.08 Å². The predicted octanol–water partition coefficient (Wildman–Crippen LogP) is 4.27. The van der Waals surface area contributed by atoms with E-state index < -0.39 is 0 Å². The second-order valence-electron chi connectivity index (χ2n) is 8.68. The lowest BCUT2D eigenvalue weighted by molar-refractivity contribution is -0.133. The lowest BCUT2D eigenvalue weighted by Gasteiger charge is -2.38. The summed E-state index contributed by atoms with van der Waals surface area (Å²) < 4.78 is 8.49. The van der Waals surface area contributed by atoms with Gasteiger partial charge >= 0.3 is 0 Å². The number of likely N-dealkylation sites (tertiary alicyclic amines) is 1. The third kappa shape index (κ3) is 5.82. The van der Waals surface area contributed by atoms with Crippen LogP contribution in [0.2, 0.25) is 0 Å². The van der Waals surface area contributed by atoms with Gasteiger partial charge in [0.05, 0.1) is 12.6 Å². The minimum absolute atomic E-state index is 0.0122. The van der Waals surface area contributed by atoms with Crippen molar-refractivity contribution in [1.82, 2.24) is 14.8 Å². The summed E-state index contributed by atoms with van der Waals surface area (Å²) in [6, 6.07) is 13.4. The van der Waals surface area contributed by atoms with E-state index in [0.717, 1.165) is 26.7 Å². The molecule has 1 aromatic heterocycles. The van der Waals surface area contributed by atoms with Crippen LogP contribution in [0.15, 0.2) is 65.8 Å². The van der Waals surface area contributed by atoms with Crippen LogP contribution in [-0.2, 0) is 16.1 Å². The minimum atomic E-state index is -0.161. The molecule has 2 aromatic carbocycles. The van der Waals surface area contributed by atoms with Gasteiger partial charge in [-0.25, -0.2) is 0 Å². The summed E-state index contributed by atoms with van der Waals surface area (Å²) in [6.07, 6.45) is 3.97. The zero-order valence-electron chi connectivity index (χ0n) is 19.6. The monoisotopic (exact) mass is 537 g/mol. The first kappa shape index (κ1) is 24.7. The van der Waals surface area contributed by atoms with Gasteiger partial charge in [0.1, 0.15) is 12.3 Å². The van der Waals surface area contributed by atoms with Crippen molar-refractivity contribution in [2.24, 2.45) is 0 Å². The molecule has 4 rings (SSSR count). The van der Waals surface area contributed by atoms with Crippen LogP contribution in [0, 0.1) is 6.92 Å². The maximum atomic E-state index is 13.1. The van der Waals surface area contributed by atoms with Crippen molar-refractivity contribution in [3.8, 4) is 5.75 Å². The van der Waals surface area contributed by atoms with E-state index in [9.17, 15) is 14.4 Å². The lowest BCUT2D eigenvalue weighted by atomic mass is 10.1. The van der Waals surface area contributed by atoms with Crippen molar-refractivity contribution in [3.63, 3.8) is 0 Å². The van der Waals surface area contributed by atoms with Crippen LogP contribution in [-0.4, -0.2) is 52.8 Å². The first-order valence-corrected chi connectivity index (χ1v) is 12.4. The number of benzene rings is 2. The molecule has 1 aliphatic heterocycles.